The second-order valence-corrected chi connectivity index (χ2v) is 9.08. The smallest absolute Gasteiger partial charge is 0.220 e. The van der Waals surface area contributed by atoms with E-state index >= 15 is 0 Å². The molecular formula is C21H35IN6O. The predicted octanol–water partition coefficient (Wildman–Crippen LogP) is 2.60. The number of hydrogen-bond donors (Lipinski definition) is 2. The van der Waals surface area contributed by atoms with Crippen LogP contribution in [0.3, 0.4) is 0 Å². The summed E-state index contributed by atoms with van der Waals surface area (Å²) in [6, 6.07) is 4.07. The number of aliphatic imine (C=N–C) groups is 1. The van der Waals surface area contributed by atoms with Crippen molar-refractivity contribution in [2.24, 2.45) is 22.1 Å². The molecule has 2 saturated heterocycles. The van der Waals surface area contributed by atoms with Gasteiger partial charge in [0, 0.05) is 61.9 Å². The molecule has 7 nitrogen and oxygen atoms in total. The van der Waals surface area contributed by atoms with Gasteiger partial charge in [0.05, 0.1) is 0 Å². The van der Waals surface area contributed by atoms with Gasteiger partial charge in [-0.25, -0.2) is 4.98 Å². The molecule has 0 atom stereocenters. The molecule has 3 heterocycles. The van der Waals surface area contributed by atoms with Crippen LogP contribution in [0.1, 0.15) is 46.1 Å². The monoisotopic (exact) mass is 514 g/mol. The quantitative estimate of drug-likeness (QED) is 0.367. The lowest BCUT2D eigenvalue weighted by Gasteiger charge is -2.62. The molecule has 0 spiro atoms. The summed E-state index contributed by atoms with van der Waals surface area (Å²) in [6.45, 7) is 12.4. The minimum atomic E-state index is -0.188. The van der Waals surface area contributed by atoms with E-state index < -0.39 is 0 Å². The molecule has 162 valence electrons. The summed E-state index contributed by atoms with van der Waals surface area (Å²) in [7, 11) is 1.84. The maximum Gasteiger partial charge on any atom is 0.220 e. The summed E-state index contributed by atoms with van der Waals surface area (Å²) in [5.41, 5.74) is 6.92. The topological polar surface area (TPSA) is 86.9 Å². The Hall–Kier alpha value is -1.58. The van der Waals surface area contributed by atoms with E-state index in [1.807, 2.05) is 19.3 Å². The van der Waals surface area contributed by atoms with Gasteiger partial charge in [0.2, 0.25) is 5.91 Å². The van der Waals surface area contributed by atoms with E-state index in [-0.39, 0.29) is 46.8 Å². The summed E-state index contributed by atoms with van der Waals surface area (Å²) in [4.78, 5) is 25.2. The van der Waals surface area contributed by atoms with Gasteiger partial charge < -0.3 is 20.9 Å². The Bertz CT molecular complexity index is 755. The fraction of sp³-hybridized carbons (Fsp3) is 0.667. The van der Waals surface area contributed by atoms with Gasteiger partial charge in [0.15, 0.2) is 5.96 Å². The minimum absolute atomic E-state index is 0. The van der Waals surface area contributed by atoms with E-state index in [1.165, 1.54) is 0 Å². The Labute approximate surface area is 191 Å². The molecule has 0 saturated carbocycles. The van der Waals surface area contributed by atoms with Crippen molar-refractivity contribution in [2.75, 3.05) is 31.6 Å². The molecular weight excluding hydrogens is 479 g/mol. The summed E-state index contributed by atoms with van der Waals surface area (Å²) < 4.78 is 0. The van der Waals surface area contributed by atoms with Crippen molar-refractivity contribution >= 4 is 41.7 Å². The zero-order valence-corrected chi connectivity index (χ0v) is 20.6. The van der Waals surface area contributed by atoms with Gasteiger partial charge in [0.25, 0.3) is 0 Å². The van der Waals surface area contributed by atoms with E-state index in [9.17, 15) is 4.79 Å². The van der Waals surface area contributed by atoms with Gasteiger partial charge in [-0.3, -0.25) is 9.79 Å². The predicted molar refractivity (Wildman–Crippen MR) is 129 cm³/mol. The number of primary amides is 1. The Kier molecular flexibility index (Phi) is 7.40. The molecule has 2 fully saturated rings. The van der Waals surface area contributed by atoms with Gasteiger partial charge in [0.1, 0.15) is 5.82 Å². The van der Waals surface area contributed by atoms with Crippen LogP contribution in [0.15, 0.2) is 23.3 Å². The number of nitrogens with two attached hydrogens (primary N) is 1. The molecule has 8 heteroatoms. The van der Waals surface area contributed by atoms with Gasteiger partial charge in [-0.2, -0.15) is 0 Å². The number of carbonyl (C=O) groups excluding carboxylic acids is 1. The Morgan fingerprint density at radius 3 is 2.48 bits per heavy atom. The van der Waals surface area contributed by atoms with Crippen molar-refractivity contribution < 1.29 is 4.79 Å². The number of carbonyl (C=O) groups is 1. The molecule has 29 heavy (non-hydrogen) atoms. The lowest BCUT2D eigenvalue weighted by atomic mass is 9.65. The van der Waals surface area contributed by atoms with E-state index in [4.69, 9.17) is 5.73 Å². The standard InChI is InChI=1S/C21H34N6O.HI/c1-20(2)14-27(21(20,3)4)19(23-5)25-13-16-7-6-10-24-18(16)26-11-8-15(9-12-26)17(22)28;/h6-7,10,15H,8-9,11-14H2,1-5H3,(H2,22,28)(H,23,25);1H. The number of piperidine rings is 1. The van der Waals surface area contributed by atoms with Crippen LogP contribution < -0.4 is 16.0 Å². The number of halogens is 1. The van der Waals surface area contributed by atoms with Crippen LogP contribution in [0, 0.1) is 11.3 Å². The third-order valence-corrected chi connectivity index (χ3v) is 6.85. The number of aromatic nitrogens is 1. The fourth-order valence-corrected chi connectivity index (χ4v) is 4.10. The Morgan fingerprint density at radius 2 is 1.97 bits per heavy atom. The van der Waals surface area contributed by atoms with Crippen LogP contribution in [0.5, 0.6) is 0 Å². The van der Waals surface area contributed by atoms with E-state index in [2.05, 4.69) is 58.9 Å². The molecule has 2 aliphatic heterocycles. The van der Waals surface area contributed by atoms with Gasteiger partial charge in [-0.05, 0) is 32.8 Å². The van der Waals surface area contributed by atoms with Crippen LogP contribution in [0.2, 0.25) is 0 Å². The molecule has 0 bridgehead atoms. The molecule has 0 radical (unpaired) electrons. The number of hydrogen-bond acceptors (Lipinski definition) is 4. The molecule has 1 aromatic rings. The number of pyridine rings is 1. The van der Waals surface area contributed by atoms with Crippen LogP contribution in [0.25, 0.3) is 0 Å². The fourth-order valence-electron chi connectivity index (χ4n) is 4.10. The highest BCUT2D eigenvalue weighted by molar-refractivity contribution is 14.0. The zero-order chi connectivity index (χ0) is 20.5. The number of guanidine groups is 1. The molecule has 3 N–H and O–H groups in total. The summed E-state index contributed by atoms with van der Waals surface area (Å²) in [5.74, 6) is 1.70. The largest absolute Gasteiger partial charge is 0.369 e. The lowest BCUT2D eigenvalue weighted by Crippen LogP contribution is -2.72. The number of anilines is 1. The van der Waals surface area contributed by atoms with Gasteiger partial charge >= 0.3 is 0 Å². The summed E-state index contributed by atoms with van der Waals surface area (Å²) in [5, 5.41) is 3.52. The lowest BCUT2D eigenvalue weighted by molar-refractivity contribution is -0.122. The highest BCUT2D eigenvalue weighted by Crippen LogP contribution is 2.46. The molecule has 2 aliphatic rings. The highest BCUT2D eigenvalue weighted by Gasteiger charge is 2.53. The van der Waals surface area contributed by atoms with E-state index in [0.29, 0.717) is 6.54 Å². The van der Waals surface area contributed by atoms with Crippen LogP contribution in [0.4, 0.5) is 5.82 Å². The van der Waals surface area contributed by atoms with Crippen LogP contribution >= 0.6 is 24.0 Å². The second kappa shape index (κ2) is 9.06. The number of likely N-dealkylation sites (tertiary alicyclic amines) is 1. The zero-order valence-electron chi connectivity index (χ0n) is 18.2. The van der Waals surface area contributed by atoms with Gasteiger partial charge in [-0.1, -0.05) is 19.9 Å². The second-order valence-electron chi connectivity index (χ2n) is 9.08. The van der Waals surface area contributed by atoms with Crippen molar-refractivity contribution in [1.29, 1.82) is 0 Å². The third kappa shape index (κ3) is 4.62. The van der Waals surface area contributed by atoms with Crippen molar-refractivity contribution in [3.63, 3.8) is 0 Å². The Morgan fingerprint density at radius 1 is 1.31 bits per heavy atom. The van der Waals surface area contributed by atoms with Crippen LogP contribution in [-0.2, 0) is 11.3 Å². The van der Waals surface area contributed by atoms with Crippen molar-refractivity contribution in [3.8, 4) is 0 Å². The SMILES string of the molecule is CN=C(NCc1cccnc1N1CCC(C(N)=O)CC1)N1CC(C)(C)C1(C)C.I. The molecule has 1 aromatic heterocycles. The first-order valence-electron chi connectivity index (χ1n) is 10.1. The number of nitrogens with zero attached hydrogens (tertiary/aromatic N) is 4. The van der Waals surface area contributed by atoms with Crippen molar-refractivity contribution in [2.45, 2.75) is 52.6 Å². The molecule has 3 rings (SSSR count). The van der Waals surface area contributed by atoms with Gasteiger partial charge in [-0.15, -0.1) is 24.0 Å². The van der Waals surface area contributed by atoms with E-state index in [1.54, 1.807) is 0 Å². The molecule has 1 amide bonds. The Balaban J connectivity index is 0.00000300. The number of rotatable bonds is 4. The molecule has 0 unspecified atom stereocenters. The average Bonchev–Trinajstić information content (AvgIpc) is 2.68. The number of nitrogens with one attached hydrogen (secondary N) is 1. The number of amides is 1. The van der Waals surface area contributed by atoms with Crippen molar-refractivity contribution in [3.05, 3.63) is 23.9 Å². The highest BCUT2D eigenvalue weighted by atomic mass is 127. The molecule has 0 aromatic carbocycles. The third-order valence-electron chi connectivity index (χ3n) is 6.85. The van der Waals surface area contributed by atoms with Crippen molar-refractivity contribution in [1.82, 2.24) is 15.2 Å². The first kappa shape index (κ1) is 23.7. The first-order chi connectivity index (χ1) is 13.2. The maximum atomic E-state index is 11.4. The maximum absolute atomic E-state index is 11.4. The minimum Gasteiger partial charge on any atom is -0.369 e. The van der Waals surface area contributed by atoms with E-state index in [0.717, 1.165) is 49.8 Å². The average molecular weight is 514 g/mol. The molecule has 0 aliphatic carbocycles. The van der Waals surface area contributed by atoms with Crippen LogP contribution in [-0.4, -0.2) is 54.0 Å². The first-order valence-corrected chi connectivity index (χ1v) is 10.1. The normalized spacial score (nSPS) is 21.2. The summed E-state index contributed by atoms with van der Waals surface area (Å²) >= 11 is 0. The summed E-state index contributed by atoms with van der Waals surface area (Å²) in [6.07, 6.45) is 3.41.